The molecule has 0 saturated heterocycles. The Bertz CT molecular complexity index is 761. The van der Waals surface area contributed by atoms with Gasteiger partial charge in [-0.3, -0.25) is 9.59 Å². The Morgan fingerprint density at radius 1 is 1.08 bits per heavy atom. The summed E-state index contributed by atoms with van der Waals surface area (Å²) in [4.78, 5) is 26.7. The van der Waals surface area contributed by atoms with Crippen LogP contribution < -0.4 is 5.32 Å². The number of nitrogens with zero attached hydrogens (tertiary/aromatic N) is 1. The highest BCUT2D eigenvalue weighted by molar-refractivity contribution is 6.31. The first-order chi connectivity index (χ1) is 11.9. The molecule has 2 amide bonds. The zero-order valence-corrected chi connectivity index (χ0v) is 15.5. The number of nitrogens with one attached hydrogen (secondary N) is 1. The molecule has 4 nitrogen and oxygen atoms in total. The maximum Gasteiger partial charge on any atom is 0.242 e. The molecule has 0 fully saturated rings. The molecule has 1 N–H and O–H groups in total. The Labute approximate surface area is 153 Å². The highest BCUT2D eigenvalue weighted by Crippen LogP contribution is 2.19. The van der Waals surface area contributed by atoms with Gasteiger partial charge in [-0.05, 0) is 36.6 Å². The lowest BCUT2D eigenvalue weighted by Gasteiger charge is -2.29. The van der Waals surface area contributed by atoms with Crippen molar-refractivity contribution in [1.82, 2.24) is 10.2 Å². The third-order valence-corrected chi connectivity index (χ3v) is 4.68. The van der Waals surface area contributed by atoms with Crippen LogP contribution in [0, 0.1) is 6.92 Å². The molecule has 0 bridgehead atoms. The molecule has 1 atom stereocenters. The molecule has 25 heavy (non-hydrogen) atoms. The predicted molar refractivity (Wildman–Crippen MR) is 100 cm³/mol. The van der Waals surface area contributed by atoms with Crippen LogP contribution in [0.1, 0.15) is 23.6 Å². The van der Waals surface area contributed by atoms with Crippen LogP contribution >= 0.6 is 11.6 Å². The van der Waals surface area contributed by atoms with E-state index >= 15 is 0 Å². The van der Waals surface area contributed by atoms with Gasteiger partial charge < -0.3 is 10.2 Å². The number of likely N-dealkylation sites (N-methyl/N-ethyl adjacent to an activating group) is 1. The van der Waals surface area contributed by atoms with E-state index in [1.807, 2.05) is 49.4 Å². The fraction of sp³-hybridized carbons (Fsp3) is 0.300. The monoisotopic (exact) mass is 358 g/mol. The van der Waals surface area contributed by atoms with Crippen molar-refractivity contribution in [3.8, 4) is 0 Å². The predicted octanol–water partition coefficient (Wildman–Crippen LogP) is 3.35. The summed E-state index contributed by atoms with van der Waals surface area (Å²) in [7, 11) is 1.57. The molecule has 0 heterocycles. The lowest BCUT2D eigenvalue weighted by atomic mass is 10.1. The van der Waals surface area contributed by atoms with E-state index in [2.05, 4.69) is 5.32 Å². The van der Waals surface area contributed by atoms with Gasteiger partial charge in [0, 0.05) is 18.6 Å². The van der Waals surface area contributed by atoms with Gasteiger partial charge in [0.15, 0.2) is 0 Å². The molecule has 132 valence electrons. The second-order valence-corrected chi connectivity index (χ2v) is 6.41. The van der Waals surface area contributed by atoms with Crippen molar-refractivity contribution in [2.45, 2.75) is 32.9 Å². The summed E-state index contributed by atoms with van der Waals surface area (Å²) in [6, 6.07) is 14.6. The largest absolute Gasteiger partial charge is 0.357 e. The number of amides is 2. The van der Waals surface area contributed by atoms with Crippen LogP contribution in [0.3, 0.4) is 0 Å². The number of benzene rings is 2. The van der Waals surface area contributed by atoms with Gasteiger partial charge in [0.25, 0.3) is 0 Å². The highest BCUT2D eigenvalue weighted by atomic mass is 35.5. The van der Waals surface area contributed by atoms with E-state index in [1.165, 1.54) is 0 Å². The Hall–Kier alpha value is -2.33. The first-order valence-corrected chi connectivity index (χ1v) is 8.60. The Kier molecular flexibility index (Phi) is 6.59. The van der Waals surface area contributed by atoms with Crippen LogP contribution in [0.2, 0.25) is 5.02 Å². The van der Waals surface area contributed by atoms with Crippen LogP contribution in [0.5, 0.6) is 0 Å². The molecule has 0 unspecified atom stereocenters. The summed E-state index contributed by atoms with van der Waals surface area (Å²) in [6.45, 7) is 4.11. The van der Waals surface area contributed by atoms with E-state index in [9.17, 15) is 9.59 Å². The Morgan fingerprint density at radius 3 is 2.28 bits per heavy atom. The molecule has 0 aromatic heterocycles. The first-order valence-electron chi connectivity index (χ1n) is 8.23. The van der Waals surface area contributed by atoms with Gasteiger partial charge in [0.2, 0.25) is 11.8 Å². The Morgan fingerprint density at radius 2 is 1.68 bits per heavy atom. The quantitative estimate of drug-likeness (QED) is 0.860. The van der Waals surface area contributed by atoms with Crippen molar-refractivity contribution in [2.24, 2.45) is 0 Å². The van der Waals surface area contributed by atoms with Crippen LogP contribution in [0.15, 0.2) is 48.5 Å². The van der Waals surface area contributed by atoms with E-state index in [1.54, 1.807) is 24.9 Å². The topological polar surface area (TPSA) is 49.4 Å². The van der Waals surface area contributed by atoms with Crippen molar-refractivity contribution in [3.63, 3.8) is 0 Å². The smallest absolute Gasteiger partial charge is 0.242 e. The molecule has 0 aliphatic carbocycles. The van der Waals surface area contributed by atoms with Gasteiger partial charge >= 0.3 is 0 Å². The standard InChI is InChI=1S/C20H23ClN2O2/c1-14-8-4-5-10-17(14)13-23(15(2)20(25)22-3)19(24)12-16-9-6-7-11-18(16)21/h4-11,15H,12-13H2,1-3H3,(H,22,25)/t15-/m0/s1. The second-order valence-electron chi connectivity index (χ2n) is 6.01. The summed E-state index contributed by atoms with van der Waals surface area (Å²) in [5, 5.41) is 3.17. The van der Waals surface area contributed by atoms with Crippen molar-refractivity contribution in [1.29, 1.82) is 0 Å². The zero-order chi connectivity index (χ0) is 18.4. The summed E-state index contributed by atoms with van der Waals surface area (Å²) < 4.78 is 0. The molecular formula is C20H23ClN2O2. The van der Waals surface area contributed by atoms with Gasteiger partial charge in [-0.1, -0.05) is 54.1 Å². The molecule has 2 aromatic rings. The lowest BCUT2D eigenvalue weighted by molar-refractivity contribution is -0.139. The number of halogens is 1. The first kappa shape index (κ1) is 19.0. The minimum Gasteiger partial charge on any atom is -0.357 e. The molecule has 0 aliphatic rings. The van der Waals surface area contributed by atoms with Gasteiger partial charge in [-0.15, -0.1) is 0 Å². The fourth-order valence-corrected chi connectivity index (χ4v) is 2.87. The van der Waals surface area contributed by atoms with E-state index in [0.717, 1.165) is 16.7 Å². The molecule has 0 saturated carbocycles. The van der Waals surface area contributed by atoms with Crippen molar-refractivity contribution in [2.75, 3.05) is 7.05 Å². The third kappa shape index (κ3) is 4.83. The average Bonchev–Trinajstić information content (AvgIpc) is 2.61. The minimum absolute atomic E-state index is 0.132. The SMILES string of the molecule is CNC(=O)[C@H](C)N(Cc1ccccc1C)C(=O)Cc1ccccc1Cl. The van der Waals surface area contributed by atoms with E-state index in [-0.39, 0.29) is 18.2 Å². The van der Waals surface area contributed by atoms with Gasteiger partial charge in [-0.2, -0.15) is 0 Å². The number of rotatable bonds is 6. The number of hydrogen-bond acceptors (Lipinski definition) is 2. The molecule has 2 rings (SSSR count). The van der Waals surface area contributed by atoms with E-state index < -0.39 is 6.04 Å². The van der Waals surface area contributed by atoms with Gasteiger partial charge in [-0.25, -0.2) is 0 Å². The van der Waals surface area contributed by atoms with Gasteiger partial charge in [0.1, 0.15) is 6.04 Å². The van der Waals surface area contributed by atoms with Crippen LogP contribution in [0.25, 0.3) is 0 Å². The van der Waals surface area contributed by atoms with Crippen LogP contribution in [0.4, 0.5) is 0 Å². The number of carbonyl (C=O) groups is 2. The minimum atomic E-state index is -0.570. The van der Waals surface area contributed by atoms with E-state index in [4.69, 9.17) is 11.6 Å². The fourth-order valence-electron chi connectivity index (χ4n) is 2.67. The number of aryl methyl sites for hydroxylation is 1. The maximum absolute atomic E-state index is 12.9. The van der Waals surface area contributed by atoms with Gasteiger partial charge in [0.05, 0.1) is 6.42 Å². The molecule has 0 aliphatic heterocycles. The van der Waals surface area contributed by atoms with Crippen LogP contribution in [-0.2, 0) is 22.6 Å². The summed E-state index contributed by atoms with van der Waals surface area (Å²) in [5.41, 5.74) is 2.86. The highest BCUT2D eigenvalue weighted by Gasteiger charge is 2.26. The average molecular weight is 359 g/mol. The molecule has 0 radical (unpaired) electrons. The molecule has 2 aromatic carbocycles. The maximum atomic E-state index is 12.9. The molecular weight excluding hydrogens is 336 g/mol. The van der Waals surface area contributed by atoms with E-state index in [0.29, 0.717) is 11.6 Å². The van der Waals surface area contributed by atoms with Crippen molar-refractivity contribution >= 4 is 23.4 Å². The normalized spacial score (nSPS) is 11.7. The summed E-state index contributed by atoms with van der Waals surface area (Å²) >= 11 is 6.18. The summed E-state index contributed by atoms with van der Waals surface area (Å²) in [5.74, 6) is -0.325. The van der Waals surface area contributed by atoms with Crippen molar-refractivity contribution in [3.05, 3.63) is 70.2 Å². The number of carbonyl (C=O) groups excluding carboxylic acids is 2. The zero-order valence-electron chi connectivity index (χ0n) is 14.8. The summed E-state index contributed by atoms with van der Waals surface area (Å²) in [6.07, 6.45) is 0.160. The lowest BCUT2D eigenvalue weighted by Crippen LogP contribution is -2.47. The van der Waals surface area contributed by atoms with Crippen LogP contribution in [-0.4, -0.2) is 29.8 Å². The molecule has 5 heteroatoms. The van der Waals surface area contributed by atoms with Crippen molar-refractivity contribution < 1.29 is 9.59 Å². The Balaban J connectivity index is 2.27. The molecule has 0 spiro atoms. The third-order valence-electron chi connectivity index (χ3n) is 4.32. The number of hydrogen-bond donors (Lipinski definition) is 1. The second kappa shape index (κ2) is 8.67.